The summed E-state index contributed by atoms with van der Waals surface area (Å²) in [6, 6.07) is 6.53. The number of ether oxygens (including phenoxy) is 3. The number of benzene rings is 1. The summed E-state index contributed by atoms with van der Waals surface area (Å²) >= 11 is 0. The van der Waals surface area contributed by atoms with E-state index in [1.54, 1.807) is 38.1 Å². The van der Waals surface area contributed by atoms with Gasteiger partial charge in [0.25, 0.3) is 0 Å². The van der Waals surface area contributed by atoms with Crippen LogP contribution in [0.2, 0.25) is 0 Å². The van der Waals surface area contributed by atoms with Crippen LogP contribution in [0.3, 0.4) is 0 Å². The Morgan fingerprint density at radius 3 is 2.03 bits per heavy atom. The number of methoxy groups -OCH3 is 1. The van der Waals surface area contributed by atoms with E-state index in [0.29, 0.717) is 11.3 Å². The fourth-order valence-electron chi connectivity index (χ4n) is 2.82. The first kappa shape index (κ1) is 23.7. The van der Waals surface area contributed by atoms with E-state index in [1.165, 1.54) is 14.0 Å². The Kier molecular flexibility index (Phi) is 8.36. The molecule has 0 bridgehead atoms. The zero-order valence-corrected chi connectivity index (χ0v) is 17.9. The summed E-state index contributed by atoms with van der Waals surface area (Å²) in [7, 11) is 1.52. The number of anilines is 1. The molecular formula is C22H25NO8. The first-order valence-electron chi connectivity index (χ1n) is 9.77. The number of ketones is 1. The highest BCUT2D eigenvalue weighted by molar-refractivity contribution is 6.09. The molecule has 0 radical (unpaired) electrons. The zero-order chi connectivity index (χ0) is 23.0. The molecule has 0 unspecified atom stereocenters. The molecule has 2 rings (SSSR count). The maximum absolute atomic E-state index is 12.4. The molecule has 0 saturated carbocycles. The van der Waals surface area contributed by atoms with Gasteiger partial charge in [-0.1, -0.05) is 0 Å². The summed E-state index contributed by atoms with van der Waals surface area (Å²) in [5.74, 6) is -1.88. The van der Waals surface area contributed by atoms with Crippen LogP contribution in [-0.4, -0.2) is 44.0 Å². The molecule has 0 fully saturated rings. The largest absolute Gasteiger partial charge is 0.497 e. The Morgan fingerprint density at radius 1 is 0.903 bits per heavy atom. The van der Waals surface area contributed by atoms with Crippen molar-refractivity contribution in [2.45, 2.75) is 33.6 Å². The van der Waals surface area contributed by atoms with Crippen molar-refractivity contribution in [3.63, 3.8) is 0 Å². The third kappa shape index (κ3) is 5.94. The van der Waals surface area contributed by atoms with Crippen molar-refractivity contribution in [2.75, 3.05) is 25.6 Å². The summed E-state index contributed by atoms with van der Waals surface area (Å²) < 4.78 is 20.4. The molecule has 0 spiro atoms. The standard InChI is InChI=1S/C22H25NO8/c1-5-29-21(26)18-13(3)31-20(19(18)22(27)30-6-2)23-17(25)12-11-16(24)14-7-9-15(28-4)10-8-14/h7-10H,5-6,11-12H2,1-4H3,(H,23,25). The van der Waals surface area contributed by atoms with E-state index in [-0.39, 0.29) is 54.6 Å². The van der Waals surface area contributed by atoms with Gasteiger partial charge in [-0.2, -0.15) is 0 Å². The number of hydrogen-bond acceptors (Lipinski definition) is 8. The molecule has 0 saturated heterocycles. The van der Waals surface area contributed by atoms with Crippen molar-refractivity contribution >= 4 is 29.5 Å². The Bertz CT molecular complexity index is 959. The van der Waals surface area contributed by atoms with Gasteiger partial charge in [0.2, 0.25) is 11.8 Å². The molecule has 166 valence electrons. The highest BCUT2D eigenvalue weighted by Crippen LogP contribution is 2.29. The molecule has 0 aliphatic carbocycles. The van der Waals surface area contributed by atoms with Crippen LogP contribution in [0, 0.1) is 6.92 Å². The van der Waals surface area contributed by atoms with Crippen LogP contribution in [0.1, 0.15) is 63.5 Å². The van der Waals surface area contributed by atoms with Crippen molar-refractivity contribution in [3.8, 4) is 5.75 Å². The molecule has 31 heavy (non-hydrogen) atoms. The molecule has 1 aromatic heterocycles. The molecule has 9 heteroatoms. The SMILES string of the molecule is CCOC(=O)c1c(C)oc(NC(=O)CCC(=O)c2ccc(OC)cc2)c1C(=O)OCC. The van der Waals surface area contributed by atoms with E-state index in [4.69, 9.17) is 18.6 Å². The Balaban J connectivity index is 2.14. The van der Waals surface area contributed by atoms with Gasteiger partial charge < -0.3 is 18.6 Å². The molecule has 1 aromatic carbocycles. The highest BCUT2D eigenvalue weighted by atomic mass is 16.5. The number of hydrogen-bond donors (Lipinski definition) is 1. The van der Waals surface area contributed by atoms with Gasteiger partial charge >= 0.3 is 11.9 Å². The number of nitrogens with one attached hydrogen (secondary N) is 1. The third-order valence-electron chi connectivity index (χ3n) is 4.29. The minimum Gasteiger partial charge on any atom is -0.497 e. The first-order chi connectivity index (χ1) is 14.8. The molecule has 2 aromatic rings. The lowest BCUT2D eigenvalue weighted by Crippen LogP contribution is -2.18. The van der Waals surface area contributed by atoms with Crippen LogP contribution >= 0.6 is 0 Å². The van der Waals surface area contributed by atoms with E-state index in [9.17, 15) is 19.2 Å². The van der Waals surface area contributed by atoms with Crippen LogP contribution in [0.5, 0.6) is 5.75 Å². The van der Waals surface area contributed by atoms with Crippen LogP contribution in [-0.2, 0) is 14.3 Å². The van der Waals surface area contributed by atoms with Gasteiger partial charge in [-0.15, -0.1) is 0 Å². The van der Waals surface area contributed by atoms with Gasteiger partial charge in [-0.3, -0.25) is 14.9 Å². The van der Waals surface area contributed by atoms with Crippen LogP contribution in [0.4, 0.5) is 5.88 Å². The van der Waals surface area contributed by atoms with E-state index >= 15 is 0 Å². The first-order valence-corrected chi connectivity index (χ1v) is 9.77. The Morgan fingerprint density at radius 2 is 1.48 bits per heavy atom. The summed E-state index contributed by atoms with van der Waals surface area (Å²) in [5, 5.41) is 2.45. The highest BCUT2D eigenvalue weighted by Gasteiger charge is 2.31. The number of furan rings is 1. The van der Waals surface area contributed by atoms with Crippen LogP contribution in [0.25, 0.3) is 0 Å². The van der Waals surface area contributed by atoms with Gasteiger partial charge in [0, 0.05) is 18.4 Å². The topological polar surface area (TPSA) is 121 Å². The van der Waals surface area contributed by atoms with E-state index in [0.717, 1.165) is 0 Å². The molecule has 1 heterocycles. The summed E-state index contributed by atoms with van der Waals surface area (Å²) in [4.78, 5) is 49.3. The van der Waals surface area contributed by atoms with Gasteiger partial charge in [-0.25, -0.2) is 9.59 Å². The molecule has 1 N–H and O–H groups in total. The van der Waals surface area contributed by atoms with Gasteiger partial charge in [0.05, 0.1) is 20.3 Å². The Hall–Kier alpha value is -3.62. The number of esters is 2. The number of amides is 1. The summed E-state index contributed by atoms with van der Waals surface area (Å²) in [5.41, 5.74) is 0.122. The molecule has 0 atom stereocenters. The van der Waals surface area contributed by atoms with Gasteiger partial charge in [0.15, 0.2) is 5.78 Å². The molecule has 0 aliphatic rings. The number of Topliss-reactive ketones (excluding diaryl/α,β-unsaturated/α-hetero) is 1. The minimum absolute atomic E-state index is 0.0582. The lowest BCUT2D eigenvalue weighted by Gasteiger charge is -2.07. The second-order valence-electron chi connectivity index (χ2n) is 6.38. The second-order valence-corrected chi connectivity index (χ2v) is 6.38. The number of carbonyl (C=O) groups excluding carboxylic acids is 4. The number of carbonyl (C=O) groups is 4. The average molecular weight is 431 g/mol. The minimum atomic E-state index is -0.827. The van der Waals surface area contributed by atoms with Crippen molar-refractivity contribution in [3.05, 3.63) is 46.7 Å². The normalized spacial score (nSPS) is 10.3. The quantitative estimate of drug-likeness (QED) is 0.448. The molecular weight excluding hydrogens is 406 g/mol. The smallest absolute Gasteiger partial charge is 0.344 e. The third-order valence-corrected chi connectivity index (χ3v) is 4.29. The number of rotatable bonds is 10. The van der Waals surface area contributed by atoms with E-state index in [2.05, 4.69) is 5.32 Å². The Labute approximate surface area is 179 Å². The van der Waals surface area contributed by atoms with Gasteiger partial charge in [-0.05, 0) is 45.0 Å². The van der Waals surface area contributed by atoms with Gasteiger partial charge in [0.1, 0.15) is 22.6 Å². The second kappa shape index (κ2) is 11.0. The van der Waals surface area contributed by atoms with Crippen LogP contribution < -0.4 is 10.1 Å². The zero-order valence-electron chi connectivity index (χ0n) is 17.9. The fraction of sp³-hybridized carbons (Fsp3) is 0.364. The summed E-state index contributed by atoms with van der Waals surface area (Å²) in [6.07, 6.45) is -0.209. The van der Waals surface area contributed by atoms with E-state index in [1.807, 2.05) is 0 Å². The molecule has 0 aliphatic heterocycles. The predicted octanol–water partition coefficient (Wildman–Crippen LogP) is 3.55. The van der Waals surface area contributed by atoms with Crippen molar-refractivity contribution in [2.24, 2.45) is 0 Å². The van der Waals surface area contributed by atoms with Crippen molar-refractivity contribution < 1.29 is 37.8 Å². The van der Waals surface area contributed by atoms with Crippen molar-refractivity contribution in [1.82, 2.24) is 0 Å². The van der Waals surface area contributed by atoms with E-state index < -0.39 is 17.8 Å². The average Bonchev–Trinajstić information content (AvgIpc) is 3.08. The lowest BCUT2D eigenvalue weighted by molar-refractivity contribution is -0.116. The van der Waals surface area contributed by atoms with Crippen LogP contribution in [0.15, 0.2) is 28.7 Å². The summed E-state index contributed by atoms with van der Waals surface area (Å²) in [6.45, 7) is 4.87. The fourth-order valence-corrected chi connectivity index (χ4v) is 2.82. The molecule has 1 amide bonds. The monoisotopic (exact) mass is 431 g/mol. The van der Waals surface area contributed by atoms with Crippen molar-refractivity contribution in [1.29, 1.82) is 0 Å². The lowest BCUT2D eigenvalue weighted by atomic mass is 10.1. The predicted molar refractivity (Wildman–Crippen MR) is 111 cm³/mol. The molecule has 9 nitrogen and oxygen atoms in total. The number of aryl methyl sites for hydroxylation is 1. The maximum Gasteiger partial charge on any atom is 0.344 e. The maximum atomic E-state index is 12.4.